The van der Waals surface area contributed by atoms with Gasteiger partial charge in [0.25, 0.3) is 0 Å². The summed E-state index contributed by atoms with van der Waals surface area (Å²) in [5.41, 5.74) is 10.9. The van der Waals surface area contributed by atoms with Gasteiger partial charge in [0, 0.05) is 37.9 Å². The van der Waals surface area contributed by atoms with Gasteiger partial charge >= 0.3 is 0 Å². The summed E-state index contributed by atoms with van der Waals surface area (Å²) in [7, 11) is 0. The summed E-state index contributed by atoms with van der Waals surface area (Å²) in [6.07, 6.45) is 2.03. The second-order valence-corrected chi connectivity index (χ2v) is 13.5. The molecule has 0 fully saturated rings. The number of aromatic nitrogens is 4. The molecule has 0 saturated carbocycles. The van der Waals surface area contributed by atoms with Crippen molar-refractivity contribution < 1.29 is 0 Å². The van der Waals surface area contributed by atoms with Crippen molar-refractivity contribution in [2.24, 2.45) is 0 Å². The molecule has 0 aliphatic carbocycles. The Labute approximate surface area is 304 Å². The maximum absolute atomic E-state index is 10.2. The first-order valence-corrected chi connectivity index (χ1v) is 17.8. The summed E-state index contributed by atoms with van der Waals surface area (Å²) in [4.78, 5) is 5.55. The molecule has 11 rings (SSSR count). The predicted molar refractivity (Wildman–Crippen MR) is 217 cm³/mol. The fraction of sp³-hybridized carbons (Fsp3) is 0. The van der Waals surface area contributed by atoms with Crippen LogP contribution in [0.2, 0.25) is 0 Å². The summed E-state index contributed by atoms with van der Waals surface area (Å²) in [5.74, 6) is 0.802. The van der Waals surface area contributed by atoms with Crippen LogP contribution >= 0.6 is 0 Å². The maximum atomic E-state index is 10.2. The van der Waals surface area contributed by atoms with Crippen molar-refractivity contribution in [3.8, 4) is 34.4 Å². The number of para-hydroxylation sites is 6. The summed E-state index contributed by atoms with van der Waals surface area (Å²) in [5, 5.41) is 17.2. The lowest BCUT2D eigenvalue weighted by Gasteiger charge is -2.23. The molecule has 0 N–H and O–H groups in total. The van der Waals surface area contributed by atoms with Gasteiger partial charge < -0.3 is 9.13 Å². The van der Waals surface area contributed by atoms with Crippen LogP contribution in [0.25, 0.3) is 93.7 Å². The van der Waals surface area contributed by atoms with Crippen molar-refractivity contribution in [2.45, 2.75) is 0 Å². The van der Waals surface area contributed by atoms with Crippen LogP contribution in [0, 0.1) is 11.3 Å². The Kier molecular flexibility index (Phi) is 6.25. The summed E-state index contributed by atoms with van der Waals surface area (Å²) in [6.45, 7) is 0. The highest BCUT2D eigenvalue weighted by Crippen LogP contribution is 2.45. The molecule has 11 aromatic rings. The number of benzene rings is 7. The molecule has 0 aliphatic rings. The maximum Gasteiger partial charge on any atom is 0.162 e. The minimum Gasteiger partial charge on any atom is -0.307 e. The SMILES string of the molecule is N#Cc1cccc(-c2c(-n3c4ccccc4c4ccccc43)cnc(-n3c4ccccc4c4ccccc43)c2-n2c3ccccc3c3ccccc32)c1. The van der Waals surface area contributed by atoms with E-state index in [9.17, 15) is 5.26 Å². The van der Waals surface area contributed by atoms with Gasteiger partial charge in [-0.3, -0.25) is 4.57 Å². The molecule has 0 spiro atoms. The fourth-order valence-electron chi connectivity index (χ4n) is 8.55. The van der Waals surface area contributed by atoms with E-state index in [4.69, 9.17) is 4.98 Å². The van der Waals surface area contributed by atoms with Crippen molar-refractivity contribution in [2.75, 3.05) is 0 Å². The number of rotatable bonds is 4. The first-order chi connectivity index (χ1) is 26.3. The summed E-state index contributed by atoms with van der Waals surface area (Å²) >= 11 is 0. The molecule has 4 heterocycles. The quantitative estimate of drug-likeness (QED) is 0.186. The Bertz CT molecular complexity index is 3150. The molecule has 53 heavy (non-hydrogen) atoms. The third kappa shape index (κ3) is 4.15. The lowest BCUT2D eigenvalue weighted by Crippen LogP contribution is -2.11. The zero-order valence-corrected chi connectivity index (χ0v) is 28.5. The molecule has 0 amide bonds. The van der Waals surface area contributed by atoms with Crippen LogP contribution in [0.1, 0.15) is 5.56 Å². The van der Waals surface area contributed by atoms with E-state index >= 15 is 0 Å². The Balaban J connectivity index is 1.42. The Morgan fingerprint density at radius 1 is 0.415 bits per heavy atom. The number of hydrogen-bond donors (Lipinski definition) is 0. The fourth-order valence-corrected chi connectivity index (χ4v) is 8.55. The third-order valence-electron chi connectivity index (χ3n) is 10.7. The van der Waals surface area contributed by atoms with Crippen LogP contribution < -0.4 is 0 Å². The van der Waals surface area contributed by atoms with Gasteiger partial charge in [-0.05, 0) is 54.1 Å². The molecule has 0 unspecified atom stereocenters. The van der Waals surface area contributed by atoms with Gasteiger partial charge in [0.05, 0.1) is 62.3 Å². The molecule has 246 valence electrons. The summed E-state index contributed by atoms with van der Waals surface area (Å²) < 4.78 is 7.05. The molecule has 7 aromatic carbocycles. The second-order valence-electron chi connectivity index (χ2n) is 13.5. The van der Waals surface area contributed by atoms with Crippen molar-refractivity contribution in [1.82, 2.24) is 18.7 Å². The van der Waals surface area contributed by atoms with Gasteiger partial charge in [0.15, 0.2) is 5.82 Å². The van der Waals surface area contributed by atoms with Crippen molar-refractivity contribution in [3.63, 3.8) is 0 Å². The standard InChI is InChI=1S/C48H29N5/c49-29-31-14-13-15-32(28-31)46-45(51-39-22-7-1-16-33(39)34-17-2-8-23-40(34)51)30-50-48(53-43-26-11-5-20-37(43)38-21-6-12-27-44(38)53)47(46)52-41-24-9-3-18-35(41)36-19-4-10-25-42(36)52/h1-28,30H. The highest BCUT2D eigenvalue weighted by molar-refractivity contribution is 6.13. The molecule has 0 bridgehead atoms. The zero-order chi connectivity index (χ0) is 35.0. The van der Waals surface area contributed by atoms with E-state index in [1.807, 2.05) is 24.4 Å². The molecule has 0 radical (unpaired) electrons. The molecule has 5 heteroatoms. The smallest absolute Gasteiger partial charge is 0.162 e. The Hall–Kier alpha value is -7.42. The monoisotopic (exact) mass is 675 g/mol. The number of fused-ring (bicyclic) bond motifs is 9. The van der Waals surface area contributed by atoms with E-state index in [2.05, 4.69) is 171 Å². The first kappa shape index (κ1) is 29.3. The molecule has 4 aromatic heterocycles. The van der Waals surface area contributed by atoms with E-state index in [1.165, 1.54) is 10.8 Å². The molecular weight excluding hydrogens is 647 g/mol. The number of nitrogens with zero attached hydrogens (tertiary/aromatic N) is 5. The van der Waals surface area contributed by atoms with Gasteiger partial charge in [0.1, 0.15) is 0 Å². The lowest BCUT2D eigenvalue weighted by molar-refractivity contribution is 1.01. The van der Waals surface area contributed by atoms with Crippen LogP contribution in [-0.2, 0) is 0 Å². The van der Waals surface area contributed by atoms with Crippen LogP contribution in [0.4, 0.5) is 0 Å². The van der Waals surface area contributed by atoms with Crippen LogP contribution in [-0.4, -0.2) is 18.7 Å². The number of nitriles is 1. The van der Waals surface area contributed by atoms with Gasteiger partial charge in [0.2, 0.25) is 0 Å². The van der Waals surface area contributed by atoms with E-state index < -0.39 is 0 Å². The van der Waals surface area contributed by atoms with Crippen molar-refractivity contribution >= 4 is 65.4 Å². The third-order valence-corrected chi connectivity index (χ3v) is 10.7. The normalized spacial score (nSPS) is 11.8. The molecule has 0 atom stereocenters. The highest BCUT2D eigenvalue weighted by atomic mass is 15.1. The molecule has 0 saturated heterocycles. The molecular formula is C48H29N5. The Morgan fingerprint density at radius 3 is 1.25 bits per heavy atom. The van der Waals surface area contributed by atoms with Crippen LogP contribution in [0.15, 0.2) is 176 Å². The zero-order valence-electron chi connectivity index (χ0n) is 28.5. The minimum atomic E-state index is 0.596. The largest absolute Gasteiger partial charge is 0.307 e. The number of pyridine rings is 1. The predicted octanol–water partition coefficient (Wildman–Crippen LogP) is 11.9. The van der Waals surface area contributed by atoms with Gasteiger partial charge in [-0.15, -0.1) is 0 Å². The van der Waals surface area contributed by atoms with E-state index in [1.54, 1.807) is 0 Å². The highest BCUT2D eigenvalue weighted by Gasteiger charge is 2.27. The minimum absolute atomic E-state index is 0.596. The topological polar surface area (TPSA) is 51.5 Å². The van der Waals surface area contributed by atoms with Gasteiger partial charge in [-0.25, -0.2) is 4.98 Å². The van der Waals surface area contributed by atoms with E-state index in [0.717, 1.165) is 83.0 Å². The number of hydrogen-bond acceptors (Lipinski definition) is 2. The Morgan fingerprint density at radius 2 is 0.811 bits per heavy atom. The van der Waals surface area contributed by atoms with Gasteiger partial charge in [-0.1, -0.05) is 121 Å². The van der Waals surface area contributed by atoms with E-state index in [-0.39, 0.29) is 0 Å². The molecule has 5 nitrogen and oxygen atoms in total. The molecule has 0 aliphatic heterocycles. The average Bonchev–Trinajstić information content (AvgIpc) is 3.86. The lowest BCUT2D eigenvalue weighted by atomic mass is 9.99. The summed E-state index contributed by atoms with van der Waals surface area (Å²) in [6, 6.07) is 62.0. The van der Waals surface area contributed by atoms with Crippen LogP contribution in [0.3, 0.4) is 0 Å². The second kappa shape index (κ2) is 11.3. The van der Waals surface area contributed by atoms with Crippen molar-refractivity contribution in [1.29, 1.82) is 5.26 Å². The first-order valence-electron chi connectivity index (χ1n) is 17.8. The van der Waals surface area contributed by atoms with Crippen molar-refractivity contribution in [3.05, 3.63) is 182 Å². The van der Waals surface area contributed by atoms with E-state index in [0.29, 0.717) is 5.56 Å². The average molecular weight is 676 g/mol. The van der Waals surface area contributed by atoms with Gasteiger partial charge in [-0.2, -0.15) is 5.26 Å². The van der Waals surface area contributed by atoms with Crippen LogP contribution in [0.5, 0.6) is 0 Å².